The number of carbonyl (C=O) groups excluding carboxylic acids is 1. The summed E-state index contributed by atoms with van der Waals surface area (Å²) in [6.07, 6.45) is 28.9. The molecule has 0 aromatic rings. The highest BCUT2D eigenvalue weighted by molar-refractivity contribution is 7.47. The lowest BCUT2D eigenvalue weighted by Gasteiger charge is -2.41. The molecule has 0 aromatic carbocycles. The third kappa shape index (κ3) is 26.1. The second kappa shape index (κ2) is 34.0. The summed E-state index contributed by atoms with van der Waals surface area (Å²) < 4.78 is 33.9. The Morgan fingerprint density at radius 1 is 0.571 bits per heavy atom. The lowest BCUT2D eigenvalue weighted by Crippen LogP contribution is -2.64. The minimum absolute atomic E-state index is 0.0468. The molecule has 324 valence electrons. The fraction of sp³-hybridized carbons (Fsp3) is 0.744. The quantitative estimate of drug-likeness (QED) is 0.0160. The second-order valence-electron chi connectivity index (χ2n) is 14.5. The standard InChI is InChI=1S/C43H75O12P/c1-3-5-7-9-11-13-15-17-19-20-22-24-26-28-30-32-37(44)54-36(34-52-33-31-29-27-25-23-21-18-16-14-12-10-8-6-4-2)35-53-56(50,51)55-43-41(48)39(46)38(45)40(47)42(43)49/h5,7,11,13,17,19,22,24,28,30,36,38-43,45-49H,3-4,6,8-10,12,14-16,18,20-21,23,25-27,29,31-35H2,1-2H3,(H,50,51)/b7-5-,13-11-,19-17-,24-22-,30-28-. The van der Waals surface area contributed by atoms with Crippen LogP contribution in [0.5, 0.6) is 0 Å². The van der Waals surface area contributed by atoms with Gasteiger partial charge in [-0.15, -0.1) is 0 Å². The SMILES string of the molecule is CC/C=C\C/C=C\C/C=C\C/C=C\C/C=C\CC(=O)OC(COCCCCCCCCCCCCCCCC)COP(=O)(O)OC1C(O)C(O)C(O)C(O)C1O. The largest absolute Gasteiger partial charge is 0.472 e. The van der Waals surface area contributed by atoms with Gasteiger partial charge >= 0.3 is 13.8 Å². The molecule has 0 amide bonds. The zero-order valence-electron chi connectivity index (χ0n) is 34.2. The first-order valence-corrected chi connectivity index (χ1v) is 22.6. The van der Waals surface area contributed by atoms with Gasteiger partial charge in [0.1, 0.15) is 42.7 Å². The highest BCUT2D eigenvalue weighted by Gasteiger charge is 2.51. The number of phosphoric acid groups is 1. The lowest BCUT2D eigenvalue weighted by molar-refractivity contribution is -0.220. The minimum atomic E-state index is -5.04. The molecule has 1 aliphatic rings. The van der Waals surface area contributed by atoms with Crippen LogP contribution in [0.4, 0.5) is 0 Å². The summed E-state index contributed by atoms with van der Waals surface area (Å²) in [6.45, 7) is 4.02. The van der Waals surface area contributed by atoms with Crippen LogP contribution in [-0.4, -0.2) is 98.9 Å². The molecule has 12 nitrogen and oxygen atoms in total. The molecule has 0 heterocycles. The molecular weight excluding hydrogens is 739 g/mol. The number of hydrogen-bond acceptors (Lipinski definition) is 11. The van der Waals surface area contributed by atoms with Gasteiger partial charge in [0.15, 0.2) is 0 Å². The van der Waals surface area contributed by atoms with Gasteiger partial charge in [0, 0.05) is 6.61 Å². The van der Waals surface area contributed by atoms with Gasteiger partial charge in [-0.2, -0.15) is 0 Å². The maximum atomic E-state index is 12.8. The number of esters is 1. The number of unbranched alkanes of at least 4 members (excludes halogenated alkanes) is 13. The minimum Gasteiger partial charge on any atom is -0.457 e. The average Bonchev–Trinajstić information content (AvgIpc) is 3.18. The first-order chi connectivity index (χ1) is 27.0. The van der Waals surface area contributed by atoms with E-state index >= 15 is 0 Å². The fourth-order valence-electron chi connectivity index (χ4n) is 6.08. The van der Waals surface area contributed by atoms with Gasteiger partial charge in [-0.05, 0) is 38.5 Å². The normalized spacial score (nSPS) is 23.6. The third-order valence-corrected chi connectivity index (χ3v) is 10.4. The molecule has 6 atom stereocenters. The van der Waals surface area contributed by atoms with E-state index in [4.69, 9.17) is 18.5 Å². The van der Waals surface area contributed by atoms with Crippen LogP contribution in [0.1, 0.15) is 142 Å². The molecule has 0 saturated heterocycles. The smallest absolute Gasteiger partial charge is 0.457 e. The molecule has 13 heteroatoms. The molecule has 0 aliphatic heterocycles. The van der Waals surface area contributed by atoms with Gasteiger partial charge in [0.2, 0.25) is 0 Å². The summed E-state index contributed by atoms with van der Waals surface area (Å²) in [5.74, 6) is -0.604. The van der Waals surface area contributed by atoms with Crippen molar-refractivity contribution in [3.8, 4) is 0 Å². The predicted molar refractivity (Wildman–Crippen MR) is 221 cm³/mol. The lowest BCUT2D eigenvalue weighted by atomic mass is 9.85. The van der Waals surface area contributed by atoms with Crippen LogP contribution in [0.25, 0.3) is 0 Å². The maximum absolute atomic E-state index is 12.8. The number of carbonyl (C=O) groups is 1. The maximum Gasteiger partial charge on any atom is 0.472 e. The van der Waals surface area contributed by atoms with E-state index in [-0.39, 0.29) is 13.0 Å². The van der Waals surface area contributed by atoms with E-state index in [0.29, 0.717) is 13.0 Å². The van der Waals surface area contributed by atoms with Crippen molar-refractivity contribution in [1.29, 1.82) is 0 Å². The Morgan fingerprint density at radius 2 is 0.982 bits per heavy atom. The van der Waals surface area contributed by atoms with Crippen LogP contribution in [0.3, 0.4) is 0 Å². The summed E-state index contributed by atoms with van der Waals surface area (Å²) in [5.41, 5.74) is 0. The monoisotopic (exact) mass is 814 g/mol. The van der Waals surface area contributed by atoms with Gasteiger partial charge in [-0.3, -0.25) is 13.8 Å². The molecule has 1 aliphatic carbocycles. The Morgan fingerprint density at radius 3 is 1.45 bits per heavy atom. The van der Waals surface area contributed by atoms with E-state index < -0.39 is 63.1 Å². The Balaban J connectivity index is 2.51. The number of aliphatic hydroxyl groups excluding tert-OH is 5. The van der Waals surface area contributed by atoms with Crippen molar-refractivity contribution in [2.45, 2.75) is 185 Å². The van der Waals surface area contributed by atoms with E-state index in [1.54, 1.807) is 6.08 Å². The van der Waals surface area contributed by atoms with Gasteiger partial charge in [-0.1, -0.05) is 158 Å². The molecule has 1 fully saturated rings. The summed E-state index contributed by atoms with van der Waals surface area (Å²) >= 11 is 0. The zero-order chi connectivity index (χ0) is 41.3. The molecule has 0 bridgehead atoms. The van der Waals surface area contributed by atoms with Crippen molar-refractivity contribution in [3.63, 3.8) is 0 Å². The van der Waals surface area contributed by atoms with Gasteiger partial charge in [0.25, 0.3) is 0 Å². The molecule has 1 rings (SSSR count). The van der Waals surface area contributed by atoms with Crippen molar-refractivity contribution in [3.05, 3.63) is 60.8 Å². The van der Waals surface area contributed by atoms with Gasteiger partial charge < -0.3 is 39.9 Å². The van der Waals surface area contributed by atoms with Crippen LogP contribution in [-0.2, 0) is 27.9 Å². The number of aliphatic hydroxyl groups is 5. The van der Waals surface area contributed by atoms with Crippen molar-refractivity contribution in [1.82, 2.24) is 0 Å². The molecule has 0 spiro atoms. The molecular formula is C43H75O12P. The molecule has 6 unspecified atom stereocenters. The second-order valence-corrected chi connectivity index (χ2v) is 15.9. The summed E-state index contributed by atoms with van der Waals surface area (Å²) in [6, 6.07) is 0. The first kappa shape index (κ1) is 52.1. The van der Waals surface area contributed by atoms with Crippen molar-refractivity contribution >= 4 is 13.8 Å². The topological polar surface area (TPSA) is 192 Å². The van der Waals surface area contributed by atoms with Gasteiger partial charge in [0.05, 0.1) is 19.6 Å². The van der Waals surface area contributed by atoms with Gasteiger partial charge in [-0.25, -0.2) is 4.57 Å². The van der Waals surface area contributed by atoms with Crippen LogP contribution >= 0.6 is 7.82 Å². The predicted octanol–water partition coefficient (Wildman–Crippen LogP) is 7.86. The van der Waals surface area contributed by atoms with E-state index in [9.17, 15) is 39.8 Å². The highest BCUT2D eigenvalue weighted by atomic mass is 31.2. The van der Waals surface area contributed by atoms with E-state index in [1.807, 2.05) is 18.2 Å². The number of allylic oxidation sites excluding steroid dienone is 9. The number of hydrogen-bond donors (Lipinski definition) is 6. The summed E-state index contributed by atoms with van der Waals surface area (Å²) in [5, 5.41) is 50.0. The summed E-state index contributed by atoms with van der Waals surface area (Å²) in [7, 11) is -5.04. The molecule has 1 saturated carbocycles. The van der Waals surface area contributed by atoms with E-state index in [2.05, 4.69) is 50.3 Å². The van der Waals surface area contributed by atoms with Crippen LogP contribution in [0.15, 0.2) is 60.8 Å². The van der Waals surface area contributed by atoms with Crippen LogP contribution in [0.2, 0.25) is 0 Å². The molecule has 56 heavy (non-hydrogen) atoms. The molecule has 6 N–H and O–H groups in total. The van der Waals surface area contributed by atoms with E-state index in [1.165, 1.54) is 70.6 Å². The zero-order valence-corrected chi connectivity index (χ0v) is 35.1. The van der Waals surface area contributed by atoms with Crippen molar-refractivity contribution < 1.29 is 58.3 Å². The third-order valence-electron chi connectivity index (χ3n) is 9.44. The Labute approximate surface area is 337 Å². The van der Waals surface area contributed by atoms with Crippen LogP contribution < -0.4 is 0 Å². The van der Waals surface area contributed by atoms with E-state index in [0.717, 1.165) is 44.9 Å². The number of phosphoric ester groups is 1. The van der Waals surface area contributed by atoms with Crippen LogP contribution in [0, 0.1) is 0 Å². The highest BCUT2D eigenvalue weighted by Crippen LogP contribution is 2.47. The summed E-state index contributed by atoms with van der Waals surface area (Å²) in [4.78, 5) is 23.0. The van der Waals surface area contributed by atoms with Crippen molar-refractivity contribution in [2.24, 2.45) is 0 Å². The Kier molecular flexibility index (Phi) is 31.6. The Bertz CT molecular complexity index is 1160. The molecule has 0 aromatic heterocycles. The fourth-order valence-corrected chi connectivity index (χ4v) is 7.05. The van der Waals surface area contributed by atoms with Crippen molar-refractivity contribution in [2.75, 3.05) is 19.8 Å². The number of rotatable bonds is 34. The average molecular weight is 815 g/mol. The molecule has 0 radical (unpaired) electrons. The number of ether oxygens (including phenoxy) is 2. The first-order valence-electron chi connectivity index (χ1n) is 21.1. The Hall–Kier alpha value is -1.96.